The number of hydrazone groups is 1. The van der Waals surface area contributed by atoms with E-state index >= 15 is 0 Å². The fraction of sp³-hybridized carbons (Fsp3) is 0.375. The molecule has 0 bridgehead atoms. The second-order valence-corrected chi connectivity index (χ2v) is 5.90. The Morgan fingerprint density at radius 2 is 2.29 bits per heavy atom. The second kappa shape index (κ2) is 6.80. The zero-order valence-corrected chi connectivity index (χ0v) is 13.6. The van der Waals surface area contributed by atoms with Gasteiger partial charge in [0.2, 0.25) is 5.91 Å². The summed E-state index contributed by atoms with van der Waals surface area (Å²) in [5.41, 5.74) is 5.54. The molecule has 1 N–H and O–H groups in total. The number of amides is 1. The van der Waals surface area contributed by atoms with Crippen LogP contribution in [0.2, 0.25) is 0 Å². The number of nitrogens with zero attached hydrogens (tertiary/aromatic N) is 1. The Kier molecular flexibility index (Phi) is 5.07. The number of rotatable bonds is 4. The summed E-state index contributed by atoms with van der Waals surface area (Å²) >= 11 is 1.66. The van der Waals surface area contributed by atoms with Gasteiger partial charge in [-0.05, 0) is 30.9 Å². The van der Waals surface area contributed by atoms with Crippen molar-refractivity contribution in [1.82, 2.24) is 5.43 Å². The summed E-state index contributed by atoms with van der Waals surface area (Å²) in [7, 11) is 1.68. The quantitative estimate of drug-likeness (QED) is 0.868. The van der Waals surface area contributed by atoms with Crippen molar-refractivity contribution in [2.75, 3.05) is 13.4 Å². The van der Waals surface area contributed by atoms with E-state index in [1.165, 1.54) is 0 Å². The van der Waals surface area contributed by atoms with Crippen LogP contribution < -0.4 is 10.2 Å². The van der Waals surface area contributed by atoms with Crippen LogP contribution >= 0.6 is 11.8 Å². The van der Waals surface area contributed by atoms with Gasteiger partial charge in [0.15, 0.2) is 0 Å². The van der Waals surface area contributed by atoms with Crippen molar-refractivity contribution in [3.05, 3.63) is 29.3 Å². The van der Waals surface area contributed by atoms with Crippen LogP contribution in [0, 0.1) is 5.92 Å². The molecule has 0 saturated heterocycles. The minimum absolute atomic E-state index is 0.0268. The molecule has 0 aromatic heterocycles. The standard InChI is InChI=1S/C16H20N2O2S/c1-10(15-11(2)9-14(19)17-18-15)8-12-6-5-7-13(21-4)16(12)20-3/h5-8,11H,9H2,1-4H3,(H,17,19). The van der Waals surface area contributed by atoms with E-state index in [0.717, 1.165) is 27.5 Å². The first-order valence-electron chi connectivity index (χ1n) is 6.83. The molecule has 1 aliphatic rings. The largest absolute Gasteiger partial charge is 0.495 e. The van der Waals surface area contributed by atoms with Crippen LogP contribution in [0.25, 0.3) is 6.08 Å². The number of hydrogen-bond donors (Lipinski definition) is 1. The molecule has 2 rings (SSSR count). The fourth-order valence-corrected chi connectivity index (χ4v) is 3.06. The number of allylic oxidation sites excluding steroid dienone is 1. The molecule has 1 atom stereocenters. The molecular weight excluding hydrogens is 284 g/mol. The average Bonchev–Trinajstić information content (AvgIpc) is 2.46. The molecule has 1 unspecified atom stereocenters. The zero-order valence-electron chi connectivity index (χ0n) is 12.8. The van der Waals surface area contributed by atoms with Crippen LogP contribution in [0.15, 0.2) is 33.8 Å². The van der Waals surface area contributed by atoms with Gasteiger partial charge in [-0.1, -0.05) is 19.1 Å². The second-order valence-electron chi connectivity index (χ2n) is 5.05. The lowest BCUT2D eigenvalue weighted by atomic mass is 9.93. The number of para-hydroxylation sites is 1. The molecule has 5 heteroatoms. The normalized spacial score (nSPS) is 19.0. The van der Waals surface area contributed by atoms with Gasteiger partial charge in [-0.25, -0.2) is 5.43 Å². The first-order valence-corrected chi connectivity index (χ1v) is 8.05. The van der Waals surface area contributed by atoms with Gasteiger partial charge in [0.1, 0.15) is 5.75 Å². The van der Waals surface area contributed by atoms with Crippen LogP contribution in [0.4, 0.5) is 0 Å². The highest BCUT2D eigenvalue weighted by atomic mass is 32.2. The van der Waals surface area contributed by atoms with E-state index in [4.69, 9.17) is 4.74 Å². The van der Waals surface area contributed by atoms with Crippen molar-refractivity contribution in [2.24, 2.45) is 11.0 Å². The lowest BCUT2D eigenvalue weighted by Gasteiger charge is -2.19. The Morgan fingerprint density at radius 1 is 1.52 bits per heavy atom. The van der Waals surface area contributed by atoms with Crippen LogP contribution in [0.3, 0.4) is 0 Å². The van der Waals surface area contributed by atoms with Gasteiger partial charge in [-0.3, -0.25) is 4.79 Å². The van der Waals surface area contributed by atoms with Crippen LogP contribution in [-0.2, 0) is 4.79 Å². The van der Waals surface area contributed by atoms with E-state index in [1.54, 1.807) is 18.9 Å². The van der Waals surface area contributed by atoms with Crippen LogP contribution in [0.5, 0.6) is 5.75 Å². The van der Waals surface area contributed by atoms with Gasteiger partial charge in [0, 0.05) is 22.8 Å². The third kappa shape index (κ3) is 3.47. The molecule has 4 nitrogen and oxygen atoms in total. The smallest absolute Gasteiger partial charge is 0.240 e. The summed E-state index contributed by atoms with van der Waals surface area (Å²) < 4.78 is 5.52. The highest BCUT2D eigenvalue weighted by Gasteiger charge is 2.21. The third-order valence-electron chi connectivity index (χ3n) is 3.47. The van der Waals surface area contributed by atoms with E-state index in [2.05, 4.69) is 16.6 Å². The van der Waals surface area contributed by atoms with Crippen molar-refractivity contribution in [3.63, 3.8) is 0 Å². The Hall–Kier alpha value is -1.75. The van der Waals surface area contributed by atoms with Crippen molar-refractivity contribution >= 4 is 29.5 Å². The van der Waals surface area contributed by atoms with Gasteiger partial charge in [-0.2, -0.15) is 5.10 Å². The fourth-order valence-electron chi connectivity index (χ4n) is 2.46. The van der Waals surface area contributed by atoms with Crippen molar-refractivity contribution in [3.8, 4) is 5.75 Å². The average molecular weight is 304 g/mol. The Labute approximate surface area is 129 Å². The molecule has 0 radical (unpaired) electrons. The van der Waals surface area contributed by atoms with Crippen molar-refractivity contribution in [2.45, 2.75) is 25.2 Å². The molecule has 0 aliphatic carbocycles. The lowest BCUT2D eigenvalue weighted by Crippen LogP contribution is -2.31. The summed E-state index contributed by atoms with van der Waals surface area (Å²) in [6.45, 7) is 4.03. The van der Waals surface area contributed by atoms with Crippen molar-refractivity contribution in [1.29, 1.82) is 0 Å². The molecule has 0 fully saturated rings. The lowest BCUT2D eigenvalue weighted by molar-refractivity contribution is -0.121. The Balaban J connectivity index is 2.37. The number of hydrogen-bond acceptors (Lipinski definition) is 4. The molecule has 0 saturated carbocycles. The van der Waals surface area contributed by atoms with Gasteiger partial charge in [-0.15, -0.1) is 11.8 Å². The summed E-state index contributed by atoms with van der Waals surface area (Å²) in [5, 5.41) is 4.19. The first kappa shape index (κ1) is 15.6. The maximum Gasteiger partial charge on any atom is 0.240 e. The maximum atomic E-state index is 11.3. The predicted molar refractivity (Wildman–Crippen MR) is 87.8 cm³/mol. The molecule has 1 aromatic rings. The van der Waals surface area contributed by atoms with Gasteiger partial charge >= 0.3 is 0 Å². The summed E-state index contributed by atoms with van der Waals surface area (Å²) in [4.78, 5) is 12.4. The number of methoxy groups -OCH3 is 1. The van der Waals surface area contributed by atoms with E-state index in [9.17, 15) is 4.79 Å². The molecule has 112 valence electrons. The van der Waals surface area contributed by atoms with Gasteiger partial charge in [0.25, 0.3) is 0 Å². The SMILES string of the molecule is COc1c(C=C(C)C2=NNC(=O)CC2C)cccc1SC. The third-order valence-corrected chi connectivity index (χ3v) is 4.23. The molecule has 1 aromatic carbocycles. The molecular formula is C16H20N2O2S. The molecule has 1 aliphatic heterocycles. The van der Waals surface area contributed by atoms with E-state index in [1.807, 2.05) is 38.3 Å². The van der Waals surface area contributed by atoms with E-state index in [-0.39, 0.29) is 11.8 Å². The topological polar surface area (TPSA) is 50.7 Å². The predicted octanol–water partition coefficient (Wildman–Crippen LogP) is 3.33. The van der Waals surface area contributed by atoms with E-state index < -0.39 is 0 Å². The summed E-state index contributed by atoms with van der Waals surface area (Å²) in [5.74, 6) is 0.975. The Bertz CT molecular complexity index is 608. The number of thioether (sulfide) groups is 1. The number of benzene rings is 1. The zero-order chi connectivity index (χ0) is 15.4. The minimum atomic E-state index is -0.0268. The van der Waals surface area contributed by atoms with Gasteiger partial charge in [0.05, 0.1) is 12.8 Å². The Morgan fingerprint density at radius 3 is 2.90 bits per heavy atom. The monoisotopic (exact) mass is 304 g/mol. The molecule has 1 heterocycles. The van der Waals surface area contributed by atoms with Gasteiger partial charge < -0.3 is 4.74 Å². The number of nitrogens with one attached hydrogen (secondary N) is 1. The highest BCUT2D eigenvalue weighted by Crippen LogP contribution is 2.32. The molecule has 1 amide bonds. The van der Waals surface area contributed by atoms with Crippen LogP contribution in [-0.4, -0.2) is 25.0 Å². The summed E-state index contributed by atoms with van der Waals surface area (Å²) in [6, 6.07) is 6.08. The number of carbonyl (C=O) groups excluding carboxylic acids is 1. The first-order chi connectivity index (χ1) is 10.1. The maximum absolute atomic E-state index is 11.3. The number of ether oxygens (including phenoxy) is 1. The van der Waals surface area contributed by atoms with Crippen LogP contribution in [0.1, 0.15) is 25.8 Å². The van der Waals surface area contributed by atoms with Crippen molar-refractivity contribution < 1.29 is 9.53 Å². The summed E-state index contributed by atoms with van der Waals surface area (Å²) in [6.07, 6.45) is 4.57. The van der Waals surface area contributed by atoms with E-state index in [0.29, 0.717) is 6.42 Å². The highest BCUT2D eigenvalue weighted by molar-refractivity contribution is 7.98. The molecule has 21 heavy (non-hydrogen) atoms. The number of carbonyl (C=O) groups is 1. The molecule has 0 spiro atoms. The minimum Gasteiger partial charge on any atom is -0.495 e.